The first-order valence-corrected chi connectivity index (χ1v) is 10.7. The number of hydrogen-bond acceptors (Lipinski definition) is 7. The predicted octanol–water partition coefficient (Wildman–Crippen LogP) is 1.38. The highest BCUT2D eigenvalue weighted by molar-refractivity contribution is 7.89. The largest absolute Gasteiger partial charge is 0.398 e. The zero-order valence-corrected chi connectivity index (χ0v) is 17.1. The lowest BCUT2D eigenvalue weighted by Gasteiger charge is -2.26. The molecule has 30 heavy (non-hydrogen) atoms. The number of rotatable bonds is 3. The summed E-state index contributed by atoms with van der Waals surface area (Å²) in [5.41, 5.74) is 5.51. The smallest absolute Gasteiger partial charge is 0.270 e. The van der Waals surface area contributed by atoms with E-state index in [4.69, 9.17) is 22.1 Å². The number of benzene rings is 2. The summed E-state index contributed by atoms with van der Waals surface area (Å²) in [4.78, 5) is 38.7. The summed E-state index contributed by atoms with van der Waals surface area (Å²) in [5, 5.41) is -0.0922. The van der Waals surface area contributed by atoms with Gasteiger partial charge in [-0.15, -0.1) is 0 Å². The third-order valence-corrected chi connectivity index (χ3v) is 7.15. The minimum absolute atomic E-state index is 0.00145. The van der Waals surface area contributed by atoms with Crippen molar-refractivity contribution in [3.8, 4) is 0 Å². The van der Waals surface area contributed by atoms with E-state index in [-0.39, 0.29) is 58.6 Å². The number of carbonyl (C=O) groups is 3. The number of ether oxygens (including phenoxy) is 1. The summed E-state index contributed by atoms with van der Waals surface area (Å²) < 4.78 is 32.2. The molecule has 2 aliphatic heterocycles. The number of anilines is 1. The van der Waals surface area contributed by atoms with Crippen molar-refractivity contribution in [1.29, 1.82) is 0 Å². The number of amides is 3. The molecule has 2 aromatic rings. The number of fused-ring (bicyclic) bond motifs is 1. The fourth-order valence-electron chi connectivity index (χ4n) is 3.38. The van der Waals surface area contributed by atoms with Crippen molar-refractivity contribution in [3.63, 3.8) is 0 Å². The second-order valence-electron chi connectivity index (χ2n) is 6.68. The van der Waals surface area contributed by atoms with E-state index < -0.39 is 27.7 Å². The molecule has 1 fully saturated rings. The maximum atomic E-state index is 13.1. The molecule has 0 unspecified atom stereocenters. The molecule has 11 heteroatoms. The lowest BCUT2D eigenvalue weighted by atomic mass is 10.1. The molecule has 0 spiro atoms. The van der Waals surface area contributed by atoms with Crippen LogP contribution in [0.15, 0.2) is 41.3 Å². The Morgan fingerprint density at radius 1 is 1.07 bits per heavy atom. The quantitative estimate of drug-likeness (QED) is 0.553. The van der Waals surface area contributed by atoms with Crippen LogP contribution in [0.2, 0.25) is 5.02 Å². The first-order chi connectivity index (χ1) is 14.2. The van der Waals surface area contributed by atoms with Crippen molar-refractivity contribution in [2.45, 2.75) is 4.90 Å². The van der Waals surface area contributed by atoms with E-state index in [1.54, 1.807) is 0 Å². The molecule has 2 heterocycles. The van der Waals surface area contributed by atoms with E-state index >= 15 is 0 Å². The van der Waals surface area contributed by atoms with Gasteiger partial charge in [-0.25, -0.2) is 13.3 Å². The van der Waals surface area contributed by atoms with Crippen molar-refractivity contribution in [1.82, 2.24) is 9.21 Å². The summed E-state index contributed by atoms with van der Waals surface area (Å²) in [5.74, 6) is -2.75. The van der Waals surface area contributed by atoms with Gasteiger partial charge in [0.2, 0.25) is 10.0 Å². The number of sulfonamides is 1. The average molecular weight is 450 g/mol. The third kappa shape index (κ3) is 3.18. The molecule has 0 bridgehead atoms. The van der Waals surface area contributed by atoms with Crippen LogP contribution in [0.25, 0.3) is 0 Å². The predicted molar refractivity (Wildman–Crippen MR) is 107 cm³/mol. The van der Waals surface area contributed by atoms with Crippen LogP contribution in [0, 0.1) is 0 Å². The Morgan fingerprint density at radius 3 is 2.43 bits per heavy atom. The van der Waals surface area contributed by atoms with Crippen LogP contribution in [-0.2, 0) is 14.8 Å². The van der Waals surface area contributed by atoms with Gasteiger partial charge in [-0.1, -0.05) is 17.7 Å². The number of hydrogen-bond donors (Lipinski definition) is 1. The minimum Gasteiger partial charge on any atom is -0.398 e. The van der Waals surface area contributed by atoms with Gasteiger partial charge in [0, 0.05) is 18.8 Å². The van der Waals surface area contributed by atoms with E-state index in [2.05, 4.69) is 0 Å². The Balaban J connectivity index is 1.72. The first kappa shape index (κ1) is 20.5. The fraction of sp³-hybridized carbons (Fsp3) is 0.211. The molecule has 0 radical (unpaired) electrons. The standard InChI is InChI=1S/C19H16ClN3O6S/c20-14-5-4-11(30(27,28)22-6-8-29-9-7-22)10-13(14)18(25)23-17(24)12-2-1-3-15(21)16(12)19(23)26/h1-5,10H,6-9,21H2. The molecule has 4 rings (SSSR count). The molecule has 156 valence electrons. The van der Waals surface area contributed by atoms with Crippen molar-refractivity contribution in [2.75, 3.05) is 32.0 Å². The van der Waals surface area contributed by atoms with Crippen molar-refractivity contribution in [3.05, 3.63) is 58.1 Å². The van der Waals surface area contributed by atoms with E-state index in [1.165, 1.54) is 34.6 Å². The molecular formula is C19H16ClN3O6S. The van der Waals surface area contributed by atoms with Gasteiger partial charge in [0.1, 0.15) is 0 Å². The van der Waals surface area contributed by atoms with Crippen LogP contribution in [-0.4, -0.2) is 61.6 Å². The highest BCUT2D eigenvalue weighted by atomic mass is 35.5. The SMILES string of the molecule is Nc1cccc2c1C(=O)N(C(=O)c1cc(S(=O)(=O)N3CCOCC3)ccc1Cl)C2=O. The third-order valence-electron chi connectivity index (χ3n) is 4.93. The molecular weight excluding hydrogens is 434 g/mol. The first-order valence-electron chi connectivity index (χ1n) is 8.92. The van der Waals surface area contributed by atoms with Crippen molar-refractivity contribution >= 4 is 45.0 Å². The maximum absolute atomic E-state index is 13.1. The van der Waals surface area contributed by atoms with E-state index in [0.717, 1.165) is 6.07 Å². The Kier molecular flexibility index (Phi) is 5.10. The summed E-state index contributed by atoms with van der Waals surface area (Å²) in [7, 11) is -3.91. The summed E-state index contributed by atoms with van der Waals surface area (Å²) in [6.07, 6.45) is 0. The van der Waals surface area contributed by atoms with Crippen LogP contribution < -0.4 is 5.73 Å². The fourth-order valence-corrected chi connectivity index (χ4v) is 5.01. The number of nitrogen functional groups attached to an aromatic ring is 1. The van der Waals surface area contributed by atoms with Crippen molar-refractivity contribution < 1.29 is 27.5 Å². The van der Waals surface area contributed by atoms with Gasteiger partial charge < -0.3 is 10.5 Å². The topological polar surface area (TPSA) is 127 Å². The van der Waals surface area contributed by atoms with Gasteiger partial charge in [0.25, 0.3) is 17.7 Å². The number of carbonyl (C=O) groups excluding carboxylic acids is 3. The molecule has 2 aromatic carbocycles. The summed E-state index contributed by atoms with van der Waals surface area (Å²) in [6, 6.07) is 7.91. The second kappa shape index (κ2) is 7.47. The van der Waals surface area contributed by atoms with Gasteiger partial charge in [-0.2, -0.15) is 4.31 Å². The lowest BCUT2D eigenvalue weighted by Crippen LogP contribution is -2.40. The average Bonchev–Trinajstić information content (AvgIpc) is 2.99. The lowest BCUT2D eigenvalue weighted by molar-refractivity contribution is 0.0566. The molecule has 2 N–H and O–H groups in total. The number of halogens is 1. The van der Waals surface area contributed by atoms with E-state index in [0.29, 0.717) is 4.90 Å². The van der Waals surface area contributed by atoms with Gasteiger partial charge in [0.15, 0.2) is 0 Å². The number of morpholine rings is 1. The van der Waals surface area contributed by atoms with E-state index in [1.807, 2.05) is 0 Å². The molecule has 0 aliphatic carbocycles. The van der Waals surface area contributed by atoms with Crippen molar-refractivity contribution in [2.24, 2.45) is 0 Å². The van der Waals surface area contributed by atoms with E-state index in [9.17, 15) is 22.8 Å². The van der Waals surface area contributed by atoms with Gasteiger partial charge in [0.05, 0.1) is 39.8 Å². The normalized spacial score (nSPS) is 17.3. The zero-order chi connectivity index (χ0) is 21.6. The molecule has 3 amide bonds. The summed E-state index contributed by atoms with van der Waals surface area (Å²) in [6.45, 7) is 0.863. The second-order valence-corrected chi connectivity index (χ2v) is 9.02. The number of nitrogens with zero attached hydrogens (tertiary/aromatic N) is 2. The molecule has 9 nitrogen and oxygen atoms in total. The number of imide groups is 3. The summed E-state index contributed by atoms with van der Waals surface area (Å²) >= 11 is 6.12. The van der Waals surface area contributed by atoms with Crippen LogP contribution in [0.3, 0.4) is 0 Å². The number of nitrogens with two attached hydrogens (primary N) is 1. The Hall–Kier alpha value is -2.79. The molecule has 1 saturated heterocycles. The Labute approximate surface area is 177 Å². The highest BCUT2D eigenvalue weighted by Gasteiger charge is 2.42. The van der Waals surface area contributed by atoms with Gasteiger partial charge in [-0.05, 0) is 30.3 Å². The van der Waals surface area contributed by atoms with Crippen LogP contribution in [0.5, 0.6) is 0 Å². The van der Waals surface area contributed by atoms with Gasteiger partial charge in [-0.3, -0.25) is 14.4 Å². The highest BCUT2D eigenvalue weighted by Crippen LogP contribution is 2.31. The Bertz CT molecular complexity index is 1190. The van der Waals surface area contributed by atoms with Gasteiger partial charge >= 0.3 is 0 Å². The monoisotopic (exact) mass is 449 g/mol. The zero-order valence-electron chi connectivity index (χ0n) is 15.5. The minimum atomic E-state index is -3.91. The molecule has 2 aliphatic rings. The van der Waals surface area contributed by atoms with Crippen LogP contribution in [0.1, 0.15) is 31.1 Å². The maximum Gasteiger partial charge on any atom is 0.270 e. The molecule has 0 atom stereocenters. The van der Waals surface area contributed by atoms with Crippen LogP contribution in [0.4, 0.5) is 5.69 Å². The Morgan fingerprint density at radius 2 is 1.77 bits per heavy atom. The molecule has 0 aromatic heterocycles. The molecule has 0 saturated carbocycles. The van der Waals surface area contributed by atoms with Crippen LogP contribution >= 0.6 is 11.6 Å².